The monoisotopic (exact) mass is 243 g/mol. The van der Waals surface area contributed by atoms with E-state index in [1.165, 1.54) is 43.2 Å². The lowest BCUT2D eigenvalue weighted by Gasteiger charge is -2.23. The van der Waals surface area contributed by atoms with Crippen LogP contribution in [0, 0.1) is 5.92 Å². The van der Waals surface area contributed by atoms with Crippen molar-refractivity contribution in [2.45, 2.75) is 50.3 Å². The predicted molar refractivity (Wildman–Crippen MR) is 71.6 cm³/mol. The van der Waals surface area contributed by atoms with Crippen molar-refractivity contribution in [2.75, 3.05) is 6.61 Å². The largest absolute Gasteiger partial charge is 0.376 e. The van der Waals surface area contributed by atoms with Gasteiger partial charge in [-0.15, -0.1) is 0 Å². The second-order valence-electron chi connectivity index (χ2n) is 6.11. The van der Waals surface area contributed by atoms with Crippen molar-refractivity contribution in [1.29, 1.82) is 0 Å². The first-order valence-corrected chi connectivity index (χ1v) is 7.34. The van der Waals surface area contributed by atoms with Crippen LogP contribution in [0.2, 0.25) is 0 Å². The molecule has 2 aliphatic carbocycles. The molecule has 1 heterocycles. The van der Waals surface area contributed by atoms with E-state index in [1.807, 2.05) is 0 Å². The van der Waals surface area contributed by atoms with Gasteiger partial charge in [0.2, 0.25) is 0 Å². The van der Waals surface area contributed by atoms with Gasteiger partial charge in [0.1, 0.15) is 0 Å². The Kier molecular flexibility index (Phi) is 2.66. The molecule has 1 aromatic rings. The van der Waals surface area contributed by atoms with Gasteiger partial charge in [0.25, 0.3) is 0 Å². The van der Waals surface area contributed by atoms with E-state index in [0.29, 0.717) is 18.2 Å². The summed E-state index contributed by atoms with van der Waals surface area (Å²) < 4.78 is 5.91. The average molecular weight is 243 g/mol. The highest BCUT2D eigenvalue weighted by Crippen LogP contribution is 2.39. The molecular weight excluding hydrogens is 222 g/mol. The molecule has 0 radical (unpaired) electrons. The molecule has 0 bridgehead atoms. The molecule has 2 atom stereocenters. The van der Waals surface area contributed by atoms with E-state index in [0.717, 1.165) is 12.5 Å². The van der Waals surface area contributed by atoms with Gasteiger partial charge in [-0.3, -0.25) is 0 Å². The van der Waals surface area contributed by atoms with Crippen molar-refractivity contribution in [3.63, 3.8) is 0 Å². The van der Waals surface area contributed by atoms with E-state index >= 15 is 0 Å². The first-order valence-electron chi connectivity index (χ1n) is 7.34. The van der Waals surface area contributed by atoms with Crippen LogP contribution in [0.3, 0.4) is 0 Å². The number of hydrogen-bond acceptors (Lipinski definition) is 2. The van der Waals surface area contributed by atoms with E-state index in [2.05, 4.69) is 29.6 Å². The lowest BCUT2D eigenvalue weighted by atomic mass is 10.0. The molecule has 1 aromatic carbocycles. The zero-order valence-corrected chi connectivity index (χ0v) is 10.8. The zero-order chi connectivity index (χ0) is 11.9. The molecule has 3 aliphatic rings. The summed E-state index contributed by atoms with van der Waals surface area (Å²) >= 11 is 0. The zero-order valence-electron chi connectivity index (χ0n) is 10.8. The second-order valence-corrected chi connectivity index (χ2v) is 6.11. The minimum atomic E-state index is 0.508. The van der Waals surface area contributed by atoms with Crippen LogP contribution < -0.4 is 5.32 Å². The van der Waals surface area contributed by atoms with E-state index in [9.17, 15) is 0 Å². The molecule has 0 aromatic heterocycles. The molecule has 0 spiro atoms. The standard InChI is InChI=1S/C16H21NO/c1-2-4-13-10-14(9-12(13)3-1)17-15-7-8-18-16(15)11-5-6-11/h1-4,11,14-17H,5-10H2. The Hall–Kier alpha value is -0.860. The van der Waals surface area contributed by atoms with Gasteiger partial charge in [0.05, 0.1) is 6.10 Å². The lowest BCUT2D eigenvalue weighted by Crippen LogP contribution is -2.44. The summed E-state index contributed by atoms with van der Waals surface area (Å²) in [6, 6.07) is 10.1. The van der Waals surface area contributed by atoms with Crippen LogP contribution in [-0.4, -0.2) is 24.8 Å². The fourth-order valence-corrected chi connectivity index (χ4v) is 3.66. The van der Waals surface area contributed by atoms with E-state index in [-0.39, 0.29) is 0 Å². The van der Waals surface area contributed by atoms with Crippen LogP contribution in [0.25, 0.3) is 0 Å². The molecule has 1 aliphatic heterocycles. The molecule has 4 rings (SSSR count). The fraction of sp³-hybridized carbons (Fsp3) is 0.625. The summed E-state index contributed by atoms with van der Waals surface area (Å²) in [5.74, 6) is 0.855. The van der Waals surface area contributed by atoms with Crippen molar-refractivity contribution in [3.8, 4) is 0 Å². The molecule has 1 N–H and O–H groups in total. The van der Waals surface area contributed by atoms with Crippen LogP contribution in [0.15, 0.2) is 24.3 Å². The molecular formula is C16H21NO. The van der Waals surface area contributed by atoms with Gasteiger partial charge >= 0.3 is 0 Å². The van der Waals surface area contributed by atoms with Crippen molar-refractivity contribution in [1.82, 2.24) is 5.32 Å². The minimum absolute atomic E-state index is 0.508. The lowest BCUT2D eigenvalue weighted by molar-refractivity contribution is 0.0791. The number of nitrogens with one attached hydrogen (secondary N) is 1. The Bertz CT molecular complexity index is 415. The third kappa shape index (κ3) is 1.98. The highest BCUT2D eigenvalue weighted by atomic mass is 16.5. The predicted octanol–water partition coefficient (Wildman–Crippen LogP) is 2.31. The fourth-order valence-electron chi connectivity index (χ4n) is 3.66. The first-order chi connectivity index (χ1) is 8.90. The Labute approximate surface area is 109 Å². The summed E-state index contributed by atoms with van der Waals surface area (Å²) in [5, 5.41) is 3.87. The summed E-state index contributed by atoms with van der Waals surface area (Å²) in [5.41, 5.74) is 3.08. The number of hydrogen-bond donors (Lipinski definition) is 1. The highest BCUT2D eigenvalue weighted by molar-refractivity contribution is 5.33. The van der Waals surface area contributed by atoms with Crippen LogP contribution >= 0.6 is 0 Å². The van der Waals surface area contributed by atoms with Gasteiger partial charge < -0.3 is 10.1 Å². The van der Waals surface area contributed by atoms with Crippen LogP contribution in [0.4, 0.5) is 0 Å². The van der Waals surface area contributed by atoms with Gasteiger partial charge in [-0.05, 0) is 49.1 Å². The van der Waals surface area contributed by atoms with Crippen LogP contribution in [0.1, 0.15) is 30.4 Å². The maximum Gasteiger partial charge on any atom is 0.0757 e. The molecule has 1 saturated carbocycles. The van der Waals surface area contributed by atoms with Crippen LogP contribution in [0.5, 0.6) is 0 Å². The van der Waals surface area contributed by atoms with Gasteiger partial charge in [-0.2, -0.15) is 0 Å². The topological polar surface area (TPSA) is 21.3 Å². The summed E-state index contributed by atoms with van der Waals surface area (Å²) in [6.45, 7) is 0.957. The maximum atomic E-state index is 5.91. The number of ether oxygens (including phenoxy) is 1. The molecule has 2 fully saturated rings. The van der Waals surface area contributed by atoms with Gasteiger partial charge in [0.15, 0.2) is 0 Å². The third-order valence-electron chi connectivity index (χ3n) is 4.72. The molecule has 96 valence electrons. The SMILES string of the molecule is c1ccc2c(c1)CC(NC1CCOC1C1CC1)C2. The smallest absolute Gasteiger partial charge is 0.0757 e. The molecule has 2 unspecified atom stereocenters. The minimum Gasteiger partial charge on any atom is -0.376 e. The second kappa shape index (κ2) is 4.36. The van der Waals surface area contributed by atoms with Crippen molar-refractivity contribution in [2.24, 2.45) is 5.92 Å². The van der Waals surface area contributed by atoms with E-state index in [1.54, 1.807) is 0 Å². The first kappa shape index (κ1) is 11.0. The molecule has 1 saturated heterocycles. The number of rotatable bonds is 3. The van der Waals surface area contributed by atoms with E-state index < -0.39 is 0 Å². The normalized spacial score (nSPS) is 31.8. The summed E-state index contributed by atoms with van der Waals surface area (Å²) in [7, 11) is 0. The van der Waals surface area contributed by atoms with Crippen LogP contribution in [-0.2, 0) is 17.6 Å². The third-order valence-corrected chi connectivity index (χ3v) is 4.72. The quantitative estimate of drug-likeness (QED) is 0.879. The number of fused-ring (bicyclic) bond motifs is 1. The Balaban J connectivity index is 1.41. The van der Waals surface area contributed by atoms with Crippen molar-refractivity contribution in [3.05, 3.63) is 35.4 Å². The summed E-state index contributed by atoms with van der Waals surface area (Å²) in [6.07, 6.45) is 6.87. The maximum absolute atomic E-state index is 5.91. The molecule has 2 heteroatoms. The highest BCUT2D eigenvalue weighted by Gasteiger charge is 2.41. The molecule has 18 heavy (non-hydrogen) atoms. The Morgan fingerprint density at radius 3 is 2.39 bits per heavy atom. The number of benzene rings is 1. The van der Waals surface area contributed by atoms with Gasteiger partial charge in [-0.25, -0.2) is 0 Å². The van der Waals surface area contributed by atoms with Gasteiger partial charge in [-0.1, -0.05) is 24.3 Å². The Morgan fingerprint density at radius 2 is 1.72 bits per heavy atom. The molecule has 0 amide bonds. The summed E-state index contributed by atoms with van der Waals surface area (Å²) in [4.78, 5) is 0. The Morgan fingerprint density at radius 1 is 1.00 bits per heavy atom. The van der Waals surface area contributed by atoms with Gasteiger partial charge in [0, 0.05) is 18.7 Å². The average Bonchev–Trinajstić information content (AvgIpc) is 2.98. The molecule has 2 nitrogen and oxygen atoms in total. The van der Waals surface area contributed by atoms with Crippen molar-refractivity contribution < 1.29 is 4.74 Å². The van der Waals surface area contributed by atoms with Crippen molar-refractivity contribution >= 4 is 0 Å². The van der Waals surface area contributed by atoms with E-state index in [4.69, 9.17) is 4.74 Å².